The number of rotatable bonds is 7. The van der Waals surface area contributed by atoms with E-state index in [1.807, 2.05) is 0 Å². The Bertz CT molecular complexity index is 416. The molecule has 1 heterocycles. The molecular weight excluding hydrogens is 280 g/mol. The number of carbonyl (C=O) groups excluding carboxylic acids is 1. The fourth-order valence-electron chi connectivity index (χ4n) is 2.41. The molecule has 0 aliphatic carbocycles. The van der Waals surface area contributed by atoms with Crippen molar-refractivity contribution in [3.63, 3.8) is 0 Å². The summed E-state index contributed by atoms with van der Waals surface area (Å²) in [6.45, 7) is 5.88. The minimum absolute atomic E-state index is 0.0862. The summed E-state index contributed by atoms with van der Waals surface area (Å²) in [6, 6.07) is 0.385. The summed E-state index contributed by atoms with van der Waals surface area (Å²) in [7, 11) is -3.60. The third-order valence-electron chi connectivity index (χ3n) is 3.72. The van der Waals surface area contributed by atoms with E-state index in [2.05, 4.69) is 23.5 Å². The largest absolute Gasteiger partial charge is 0.370 e. The van der Waals surface area contributed by atoms with Crippen molar-refractivity contribution in [2.45, 2.75) is 50.4 Å². The van der Waals surface area contributed by atoms with Crippen LogP contribution in [0.1, 0.15) is 33.1 Å². The SMILES string of the molecule is CC(C)N1CCC(NS(=O)(=O)C(CN)CC(N)=O)CC1. The van der Waals surface area contributed by atoms with Gasteiger partial charge in [-0.2, -0.15) is 0 Å². The number of carbonyl (C=O) groups is 1. The summed E-state index contributed by atoms with van der Waals surface area (Å²) < 4.78 is 27.0. The molecule has 8 heteroatoms. The van der Waals surface area contributed by atoms with Gasteiger partial charge in [0.1, 0.15) is 0 Å². The molecule has 1 rings (SSSR count). The van der Waals surface area contributed by atoms with Crippen molar-refractivity contribution in [3.8, 4) is 0 Å². The molecule has 0 aromatic heterocycles. The number of piperidine rings is 1. The van der Waals surface area contributed by atoms with Gasteiger partial charge in [0.05, 0.1) is 5.25 Å². The molecule has 7 nitrogen and oxygen atoms in total. The molecule has 0 aromatic rings. The summed E-state index contributed by atoms with van der Waals surface area (Å²) in [6.07, 6.45) is 1.30. The molecule has 0 spiro atoms. The van der Waals surface area contributed by atoms with Gasteiger partial charge in [-0.05, 0) is 39.8 Å². The lowest BCUT2D eigenvalue weighted by molar-refractivity contribution is -0.118. The second-order valence-electron chi connectivity index (χ2n) is 5.59. The molecule has 1 unspecified atom stereocenters. The Morgan fingerprint density at radius 3 is 2.30 bits per heavy atom. The summed E-state index contributed by atoms with van der Waals surface area (Å²) in [5.74, 6) is -0.652. The number of likely N-dealkylation sites (tertiary alicyclic amines) is 1. The molecule has 1 saturated heterocycles. The fourth-order valence-corrected chi connectivity index (χ4v) is 3.94. The van der Waals surface area contributed by atoms with E-state index in [-0.39, 0.29) is 19.0 Å². The lowest BCUT2D eigenvalue weighted by atomic mass is 10.1. The van der Waals surface area contributed by atoms with Crippen molar-refractivity contribution in [1.29, 1.82) is 0 Å². The van der Waals surface area contributed by atoms with E-state index in [1.165, 1.54) is 0 Å². The van der Waals surface area contributed by atoms with Crippen molar-refractivity contribution in [2.24, 2.45) is 11.5 Å². The average molecular weight is 306 g/mol. The highest BCUT2D eigenvalue weighted by atomic mass is 32.2. The quantitative estimate of drug-likeness (QED) is 0.556. The highest BCUT2D eigenvalue weighted by Crippen LogP contribution is 2.15. The van der Waals surface area contributed by atoms with Gasteiger partial charge in [0.15, 0.2) is 0 Å². The van der Waals surface area contributed by atoms with E-state index in [0.717, 1.165) is 25.9 Å². The van der Waals surface area contributed by atoms with Crippen LogP contribution in [0.2, 0.25) is 0 Å². The third kappa shape index (κ3) is 5.01. The fraction of sp³-hybridized carbons (Fsp3) is 0.917. The number of nitrogens with zero attached hydrogens (tertiary/aromatic N) is 1. The molecule has 0 saturated carbocycles. The maximum Gasteiger partial charge on any atom is 0.218 e. The van der Waals surface area contributed by atoms with Gasteiger partial charge in [-0.15, -0.1) is 0 Å². The zero-order chi connectivity index (χ0) is 15.3. The standard InChI is InChI=1S/C12H26N4O3S/c1-9(2)16-5-3-10(4-6-16)15-20(18,19)11(8-13)7-12(14)17/h9-11,15H,3-8,13H2,1-2H3,(H2,14,17). The normalized spacial score (nSPS) is 20.2. The van der Waals surface area contributed by atoms with Crippen LogP contribution in [-0.2, 0) is 14.8 Å². The molecule has 20 heavy (non-hydrogen) atoms. The molecule has 0 radical (unpaired) electrons. The Balaban J connectivity index is 2.57. The second kappa shape index (κ2) is 7.35. The minimum Gasteiger partial charge on any atom is -0.370 e. The average Bonchev–Trinajstić information content (AvgIpc) is 2.35. The van der Waals surface area contributed by atoms with Gasteiger partial charge in [-0.25, -0.2) is 13.1 Å². The van der Waals surface area contributed by atoms with Gasteiger partial charge in [-0.3, -0.25) is 4.79 Å². The lowest BCUT2D eigenvalue weighted by Gasteiger charge is -2.35. The van der Waals surface area contributed by atoms with Crippen LogP contribution in [0.15, 0.2) is 0 Å². The Hall–Kier alpha value is -0.700. The van der Waals surface area contributed by atoms with Crippen LogP contribution >= 0.6 is 0 Å². The molecule has 0 aromatic carbocycles. The highest BCUT2D eigenvalue weighted by Gasteiger charge is 2.30. The summed E-state index contributed by atoms with van der Waals surface area (Å²) in [4.78, 5) is 13.2. The monoisotopic (exact) mass is 306 g/mol. The minimum atomic E-state index is -3.60. The Labute approximate surface area is 121 Å². The molecule has 0 bridgehead atoms. The number of amides is 1. The molecule has 1 fully saturated rings. The first kappa shape index (κ1) is 17.4. The number of hydrogen-bond acceptors (Lipinski definition) is 5. The van der Waals surface area contributed by atoms with E-state index in [1.54, 1.807) is 0 Å². The van der Waals surface area contributed by atoms with Gasteiger partial charge in [0.25, 0.3) is 0 Å². The Morgan fingerprint density at radius 1 is 1.35 bits per heavy atom. The van der Waals surface area contributed by atoms with Gasteiger partial charge >= 0.3 is 0 Å². The topological polar surface area (TPSA) is 119 Å². The number of nitrogens with two attached hydrogens (primary N) is 2. The molecule has 1 amide bonds. The van der Waals surface area contributed by atoms with Crippen molar-refractivity contribution in [3.05, 3.63) is 0 Å². The van der Waals surface area contributed by atoms with Crippen LogP contribution in [0, 0.1) is 0 Å². The highest BCUT2D eigenvalue weighted by molar-refractivity contribution is 7.90. The smallest absolute Gasteiger partial charge is 0.218 e. The van der Waals surface area contributed by atoms with E-state index in [9.17, 15) is 13.2 Å². The van der Waals surface area contributed by atoms with Crippen LogP contribution in [0.3, 0.4) is 0 Å². The van der Waals surface area contributed by atoms with Gasteiger partial charge in [-0.1, -0.05) is 0 Å². The van der Waals surface area contributed by atoms with Crippen molar-refractivity contribution < 1.29 is 13.2 Å². The third-order valence-corrected chi connectivity index (χ3v) is 5.62. The summed E-state index contributed by atoms with van der Waals surface area (Å²) in [5, 5.41) is -0.942. The van der Waals surface area contributed by atoms with Crippen LogP contribution in [0.5, 0.6) is 0 Å². The van der Waals surface area contributed by atoms with Gasteiger partial charge < -0.3 is 16.4 Å². The van der Waals surface area contributed by atoms with Crippen molar-refractivity contribution in [2.75, 3.05) is 19.6 Å². The van der Waals surface area contributed by atoms with Crippen LogP contribution in [-0.4, -0.2) is 56.2 Å². The number of nitrogens with one attached hydrogen (secondary N) is 1. The second-order valence-corrected chi connectivity index (χ2v) is 7.59. The van der Waals surface area contributed by atoms with E-state index >= 15 is 0 Å². The maximum absolute atomic E-state index is 12.2. The molecule has 1 atom stereocenters. The van der Waals surface area contributed by atoms with Gasteiger partial charge in [0.2, 0.25) is 15.9 Å². The maximum atomic E-state index is 12.2. The predicted octanol–water partition coefficient (Wildman–Crippen LogP) is -1.02. The molecular formula is C12H26N4O3S. The lowest BCUT2D eigenvalue weighted by Crippen LogP contribution is -2.50. The zero-order valence-electron chi connectivity index (χ0n) is 12.2. The number of hydrogen-bond donors (Lipinski definition) is 3. The van der Waals surface area contributed by atoms with Crippen LogP contribution in [0.4, 0.5) is 0 Å². The first-order valence-electron chi connectivity index (χ1n) is 6.99. The molecule has 1 aliphatic heterocycles. The Morgan fingerprint density at radius 2 is 1.90 bits per heavy atom. The molecule has 5 N–H and O–H groups in total. The molecule has 118 valence electrons. The predicted molar refractivity (Wildman–Crippen MR) is 78.4 cm³/mol. The first-order valence-corrected chi connectivity index (χ1v) is 8.54. The van der Waals surface area contributed by atoms with Crippen LogP contribution in [0.25, 0.3) is 0 Å². The number of sulfonamides is 1. The molecule has 1 aliphatic rings. The zero-order valence-corrected chi connectivity index (χ0v) is 13.0. The van der Waals surface area contributed by atoms with E-state index in [0.29, 0.717) is 6.04 Å². The first-order chi connectivity index (χ1) is 9.26. The van der Waals surface area contributed by atoms with Crippen molar-refractivity contribution in [1.82, 2.24) is 9.62 Å². The summed E-state index contributed by atoms with van der Waals surface area (Å²) >= 11 is 0. The van der Waals surface area contributed by atoms with Crippen LogP contribution < -0.4 is 16.2 Å². The summed E-state index contributed by atoms with van der Waals surface area (Å²) in [5.41, 5.74) is 10.5. The Kier molecular flexibility index (Phi) is 6.38. The van der Waals surface area contributed by atoms with E-state index < -0.39 is 21.2 Å². The van der Waals surface area contributed by atoms with Gasteiger partial charge in [0, 0.05) is 25.0 Å². The van der Waals surface area contributed by atoms with E-state index in [4.69, 9.17) is 11.5 Å². The number of primary amides is 1. The van der Waals surface area contributed by atoms with Crippen molar-refractivity contribution >= 4 is 15.9 Å².